The normalized spacial score (nSPS) is 29.5. The van der Waals surface area contributed by atoms with Gasteiger partial charge in [-0.15, -0.1) is 11.8 Å². The van der Waals surface area contributed by atoms with Crippen molar-refractivity contribution in [2.24, 2.45) is 0 Å². The monoisotopic (exact) mass is 297 g/mol. The van der Waals surface area contributed by atoms with Crippen molar-refractivity contribution in [3.8, 4) is 0 Å². The van der Waals surface area contributed by atoms with Gasteiger partial charge in [-0.25, -0.2) is 4.79 Å². The Labute approximate surface area is 121 Å². The Morgan fingerprint density at radius 3 is 2.95 bits per heavy atom. The first-order valence-corrected chi connectivity index (χ1v) is 7.81. The van der Waals surface area contributed by atoms with Crippen LogP contribution in [0.15, 0.2) is 11.1 Å². The van der Waals surface area contributed by atoms with E-state index in [0.29, 0.717) is 18.3 Å². The predicted molar refractivity (Wildman–Crippen MR) is 74.8 cm³/mol. The molecule has 0 aromatic carbocycles. The third-order valence-corrected chi connectivity index (χ3v) is 5.45. The maximum absolute atomic E-state index is 11.3. The van der Waals surface area contributed by atoms with E-state index in [1.165, 1.54) is 4.90 Å². The van der Waals surface area contributed by atoms with Crippen LogP contribution < -0.4 is 0 Å². The van der Waals surface area contributed by atoms with Gasteiger partial charge in [-0.2, -0.15) is 5.10 Å². The molecule has 7 heteroatoms. The van der Waals surface area contributed by atoms with Crippen molar-refractivity contribution in [3.63, 3.8) is 0 Å². The minimum atomic E-state index is -0.878. The Kier molecular flexibility index (Phi) is 3.64. The first-order chi connectivity index (χ1) is 9.54. The van der Waals surface area contributed by atoms with Gasteiger partial charge in [0.1, 0.15) is 0 Å². The molecule has 3 atom stereocenters. The van der Waals surface area contributed by atoms with Crippen LogP contribution in [0.5, 0.6) is 0 Å². The van der Waals surface area contributed by atoms with Crippen LogP contribution in [0.2, 0.25) is 0 Å². The highest BCUT2D eigenvalue weighted by Crippen LogP contribution is 2.37. The standard InChI is InChI=1S/C13H19N3O3S/c1-8-6-16-11(7-15(8)13(18)19)12(5-14-16)20-10-3-2-9(17)4-10/h5,8-10,17H,2-4,6-7H2,1H3,(H,18,19)/t8-,9?,10?/m0/s1. The number of aliphatic hydroxyl groups is 1. The average molecular weight is 297 g/mol. The van der Waals surface area contributed by atoms with Crippen molar-refractivity contribution >= 4 is 17.9 Å². The zero-order chi connectivity index (χ0) is 14.3. The van der Waals surface area contributed by atoms with E-state index >= 15 is 0 Å². The van der Waals surface area contributed by atoms with Gasteiger partial charge in [0.15, 0.2) is 0 Å². The van der Waals surface area contributed by atoms with E-state index in [1.54, 1.807) is 11.8 Å². The fourth-order valence-electron chi connectivity index (χ4n) is 2.94. The molecule has 1 aliphatic heterocycles. The Morgan fingerprint density at radius 2 is 2.30 bits per heavy atom. The van der Waals surface area contributed by atoms with E-state index in [-0.39, 0.29) is 12.1 Å². The number of carboxylic acid groups (broad SMARTS) is 1. The van der Waals surface area contributed by atoms with Crippen LogP contribution in [-0.4, -0.2) is 48.4 Å². The van der Waals surface area contributed by atoms with E-state index < -0.39 is 6.09 Å². The van der Waals surface area contributed by atoms with Crippen molar-refractivity contribution in [1.29, 1.82) is 0 Å². The molecule has 2 N–H and O–H groups in total. The number of carbonyl (C=O) groups is 1. The van der Waals surface area contributed by atoms with Gasteiger partial charge in [-0.3, -0.25) is 9.58 Å². The lowest BCUT2D eigenvalue weighted by Crippen LogP contribution is -2.44. The molecule has 0 radical (unpaired) electrons. The average Bonchev–Trinajstić information content (AvgIpc) is 2.96. The second kappa shape index (κ2) is 5.29. The topological polar surface area (TPSA) is 78.6 Å². The molecule has 2 heterocycles. The van der Waals surface area contributed by atoms with Crippen LogP contribution in [0, 0.1) is 0 Å². The number of thioether (sulfide) groups is 1. The summed E-state index contributed by atoms with van der Waals surface area (Å²) in [5, 5.41) is 23.6. The maximum Gasteiger partial charge on any atom is 0.407 e. The molecule has 110 valence electrons. The molecule has 6 nitrogen and oxygen atoms in total. The fourth-order valence-corrected chi connectivity index (χ4v) is 4.28. The summed E-state index contributed by atoms with van der Waals surface area (Å²) in [6, 6.07) is -0.0500. The fraction of sp³-hybridized carbons (Fsp3) is 0.692. The number of aromatic nitrogens is 2. The van der Waals surface area contributed by atoms with Gasteiger partial charge in [0.05, 0.1) is 42.0 Å². The molecule has 1 aromatic heterocycles. The first kappa shape index (κ1) is 13.8. The number of amides is 1. The highest BCUT2D eigenvalue weighted by molar-refractivity contribution is 8.00. The van der Waals surface area contributed by atoms with Crippen molar-refractivity contribution in [2.75, 3.05) is 0 Å². The van der Waals surface area contributed by atoms with Gasteiger partial charge < -0.3 is 10.2 Å². The van der Waals surface area contributed by atoms with E-state index in [9.17, 15) is 15.0 Å². The Hall–Kier alpha value is -1.21. The highest BCUT2D eigenvalue weighted by atomic mass is 32.2. The van der Waals surface area contributed by atoms with Crippen LogP contribution in [0.3, 0.4) is 0 Å². The van der Waals surface area contributed by atoms with Crippen molar-refractivity contribution in [2.45, 2.75) is 61.6 Å². The van der Waals surface area contributed by atoms with E-state index in [1.807, 2.05) is 17.8 Å². The second-order valence-corrected chi connectivity index (χ2v) is 6.95. The lowest BCUT2D eigenvalue weighted by Gasteiger charge is -2.32. The van der Waals surface area contributed by atoms with Crippen molar-refractivity contribution in [1.82, 2.24) is 14.7 Å². The zero-order valence-corrected chi connectivity index (χ0v) is 12.2. The Morgan fingerprint density at radius 1 is 1.50 bits per heavy atom. The van der Waals surface area contributed by atoms with Gasteiger partial charge in [0, 0.05) is 5.25 Å². The summed E-state index contributed by atoms with van der Waals surface area (Å²) in [6.45, 7) is 2.91. The Balaban J connectivity index is 1.77. The molecular weight excluding hydrogens is 278 g/mol. The summed E-state index contributed by atoms with van der Waals surface area (Å²) in [6.07, 6.45) is 3.46. The Bertz CT molecular complexity index is 519. The molecular formula is C13H19N3O3S. The smallest absolute Gasteiger partial charge is 0.407 e. The van der Waals surface area contributed by atoms with Gasteiger partial charge in [0.25, 0.3) is 0 Å². The number of hydrogen-bond donors (Lipinski definition) is 2. The predicted octanol–water partition coefficient (Wildman–Crippen LogP) is 1.77. The molecule has 1 aliphatic carbocycles. The minimum Gasteiger partial charge on any atom is -0.465 e. The number of nitrogens with zero attached hydrogens (tertiary/aromatic N) is 3. The molecule has 1 amide bonds. The lowest BCUT2D eigenvalue weighted by molar-refractivity contribution is 0.104. The largest absolute Gasteiger partial charge is 0.465 e. The minimum absolute atomic E-state index is 0.0500. The van der Waals surface area contributed by atoms with Crippen LogP contribution in [-0.2, 0) is 13.1 Å². The SMILES string of the molecule is C[C@H]1Cn2ncc(SC3CCC(O)C3)c2CN1C(=O)O. The molecule has 1 aromatic rings. The summed E-state index contributed by atoms with van der Waals surface area (Å²) in [4.78, 5) is 13.8. The molecule has 0 saturated heterocycles. The summed E-state index contributed by atoms with van der Waals surface area (Å²) in [7, 11) is 0. The molecule has 2 unspecified atom stereocenters. The summed E-state index contributed by atoms with van der Waals surface area (Å²) < 4.78 is 1.91. The molecule has 20 heavy (non-hydrogen) atoms. The van der Waals surface area contributed by atoms with Gasteiger partial charge >= 0.3 is 6.09 Å². The van der Waals surface area contributed by atoms with Crippen LogP contribution in [0.4, 0.5) is 4.79 Å². The van der Waals surface area contributed by atoms with E-state index in [0.717, 1.165) is 29.9 Å². The molecule has 1 saturated carbocycles. The van der Waals surface area contributed by atoms with Crippen LogP contribution in [0.1, 0.15) is 31.9 Å². The highest BCUT2D eigenvalue weighted by Gasteiger charge is 2.31. The molecule has 3 rings (SSSR count). The third-order valence-electron chi connectivity index (χ3n) is 4.10. The number of rotatable bonds is 2. The van der Waals surface area contributed by atoms with Gasteiger partial charge in [-0.05, 0) is 26.2 Å². The first-order valence-electron chi connectivity index (χ1n) is 6.93. The van der Waals surface area contributed by atoms with Crippen LogP contribution >= 0.6 is 11.8 Å². The number of aliphatic hydroxyl groups excluding tert-OH is 1. The number of hydrogen-bond acceptors (Lipinski definition) is 4. The van der Waals surface area contributed by atoms with E-state index in [4.69, 9.17) is 0 Å². The third kappa shape index (κ3) is 2.52. The summed E-state index contributed by atoms with van der Waals surface area (Å²) in [5.41, 5.74) is 0.983. The van der Waals surface area contributed by atoms with Crippen molar-refractivity contribution in [3.05, 3.63) is 11.9 Å². The quantitative estimate of drug-likeness (QED) is 0.870. The maximum atomic E-state index is 11.3. The van der Waals surface area contributed by atoms with Crippen molar-refractivity contribution < 1.29 is 15.0 Å². The van der Waals surface area contributed by atoms with Gasteiger partial charge in [-0.1, -0.05) is 0 Å². The second-order valence-electron chi connectivity index (χ2n) is 5.60. The number of fused-ring (bicyclic) bond motifs is 1. The summed E-state index contributed by atoms with van der Waals surface area (Å²) in [5.74, 6) is 0. The van der Waals surface area contributed by atoms with Gasteiger partial charge in [0.2, 0.25) is 0 Å². The molecule has 0 bridgehead atoms. The molecule has 0 spiro atoms. The zero-order valence-electron chi connectivity index (χ0n) is 11.4. The van der Waals surface area contributed by atoms with E-state index in [2.05, 4.69) is 5.10 Å². The van der Waals surface area contributed by atoms with Crippen LogP contribution in [0.25, 0.3) is 0 Å². The molecule has 2 aliphatic rings. The molecule has 1 fully saturated rings. The lowest BCUT2D eigenvalue weighted by atomic mass is 10.2. The summed E-state index contributed by atoms with van der Waals surface area (Å²) >= 11 is 1.73.